The van der Waals surface area contributed by atoms with Crippen molar-refractivity contribution >= 4 is 17.2 Å². The second-order valence-electron chi connectivity index (χ2n) is 2.39. The Kier molecular flexibility index (Phi) is 5.22. The van der Waals surface area contributed by atoms with Crippen molar-refractivity contribution in [1.82, 2.24) is 0 Å². The number of nitrogens with two attached hydrogens (primary N) is 1. The van der Waals surface area contributed by atoms with Crippen molar-refractivity contribution in [2.45, 2.75) is 33.1 Å². The largest absolute Gasteiger partial charge is 0.390 e. The summed E-state index contributed by atoms with van der Waals surface area (Å²) in [5.41, 5.74) is 6.43. The number of unbranched alkanes of at least 4 members (excludes halogenated alkanes) is 2. The van der Waals surface area contributed by atoms with Crippen LogP contribution in [-0.4, -0.2) is 4.99 Å². The minimum Gasteiger partial charge on any atom is -0.390 e. The van der Waals surface area contributed by atoms with Crippen LogP contribution in [0.2, 0.25) is 0 Å². The highest BCUT2D eigenvalue weighted by atomic mass is 32.1. The Hall–Kier alpha value is -0.370. The predicted octanol–water partition coefficient (Wildman–Crippen LogP) is 2.41. The molecule has 0 heterocycles. The lowest BCUT2D eigenvalue weighted by atomic mass is 10.2. The molecule has 0 radical (unpaired) electrons. The molecule has 1 nitrogen and oxygen atoms in total. The van der Waals surface area contributed by atoms with Gasteiger partial charge in [-0.2, -0.15) is 0 Å². The summed E-state index contributed by atoms with van der Waals surface area (Å²) in [6.45, 7) is 4.13. The number of hydrogen-bond acceptors (Lipinski definition) is 1. The predicted molar refractivity (Wildman–Crippen MR) is 50.1 cm³/mol. The van der Waals surface area contributed by atoms with Crippen molar-refractivity contribution in [3.8, 4) is 0 Å². The van der Waals surface area contributed by atoms with E-state index in [1.165, 1.54) is 12.8 Å². The van der Waals surface area contributed by atoms with E-state index in [4.69, 9.17) is 18.0 Å². The molecular weight excluding hydrogens is 142 g/mol. The maximum absolute atomic E-state index is 5.38. The zero-order valence-electron chi connectivity index (χ0n) is 6.68. The zero-order chi connectivity index (χ0) is 7.98. The number of allylic oxidation sites excluding steroid dienone is 1. The van der Waals surface area contributed by atoms with Crippen LogP contribution in [0, 0.1) is 0 Å². The third-order valence-corrected chi connectivity index (χ3v) is 1.72. The molecule has 0 saturated carbocycles. The zero-order valence-corrected chi connectivity index (χ0v) is 7.50. The normalized spacial score (nSPS) is 11.6. The highest BCUT2D eigenvalue weighted by molar-refractivity contribution is 7.80. The van der Waals surface area contributed by atoms with E-state index < -0.39 is 0 Å². The van der Waals surface area contributed by atoms with Gasteiger partial charge in [-0.1, -0.05) is 38.1 Å². The fourth-order valence-corrected chi connectivity index (χ4v) is 0.707. The van der Waals surface area contributed by atoms with Crippen LogP contribution in [0.3, 0.4) is 0 Å². The molecule has 0 saturated heterocycles. The first-order chi connectivity index (χ1) is 4.68. The van der Waals surface area contributed by atoms with E-state index in [1.807, 2.05) is 6.92 Å². The molecule has 0 fully saturated rings. The first kappa shape index (κ1) is 9.63. The summed E-state index contributed by atoms with van der Waals surface area (Å²) in [7, 11) is 0. The third kappa shape index (κ3) is 4.50. The van der Waals surface area contributed by atoms with E-state index in [1.54, 1.807) is 0 Å². The number of thiocarbonyl (C=S) groups is 1. The summed E-state index contributed by atoms with van der Waals surface area (Å²) in [5, 5.41) is 0. The molecule has 0 bridgehead atoms. The van der Waals surface area contributed by atoms with Crippen LogP contribution in [-0.2, 0) is 0 Å². The molecule has 0 spiro atoms. The Balaban J connectivity index is 3.58. The van der Waals surface area contributed by atoms with Gasteiger partial charge in [0.15, 0.2) is 0 Å². The van der Waals surface area contributed by atoms with Gasteiger partial charge in [-0.15, -0.1) is 0 Å². The lowest BCUT2D eigenvalue weighted by molar-refractivity contribution is 0.813. The molecule has 0 aromatic carbocycles. The Bertz CT molecular complexity index is 138. The van der Waals surface area contributed by atoms with E-state index in [0.717, 1.165) is 12.0 Å². The fraction of sp³-hybridized carbons (Fsp3) is 0.625. The van der Waals surface area contributed by atoms with E-state index in [-0.39, 0.29) is 0 Å². The van der Waals surface area contributed by atoms with Gasteiger partial charge in [-0.05, 0) is 18.9 Å². The van der Waals surface area contributed by atoms with Gasteiger partial charge in [0.1, 0.15) is 0 Å². The van der Waals surface area contributed by atoms with E-state index >= 15 is 0 Å². The maximum atomic E-state index is 5.38. The standard InChI is InChI=1S/C8H15NS/c1-3-4-5-6-7(2)8(9)10/h6H,3-5H2,1-2H3,(H2,9,10). The summed E-state index contributed by atoms with van der Waals surface area (Å²) in [6.07, 6.45) is 5.65. The summed E-state index contributed by atoms with van der Waals surface area (Å²) >= 11 is 4.78. The summed E-state index contributed by atoms with van der Waals surface area (Å²) in [6, 6.07) is 0. The van der Waals surface area contributed by atoms with E-state index in [9.17, 15) is 0 Å². The quantitative estimate of drug-likeness (QED) is 0.385. The van der Waals surface area contributed by atoms with Crippen molar-refractivity contribution in [2.75, 3.05) is 0 Å². The van der Waals surface area contributed by atoms with E-state index in [0.29, 0.717) is 4.99 Å². The molecule has 0 rings (SSSR count). The summed E-state index contributed by atoms with van der Waals surface area (Å²) in [4.78, 5) is 0.524. The molecule has 2 heteroatoms. The Morgan fingerprint density at radius 1 is 1.60 bits per heavy atom. The van der Waals surface area contributed by atoms with Gasteiger partial charge in [0, 0.05) is 0 Å². The lowest BCUT2D eigenvalue weighted by Gasteiger charge is -1.95. The van der Waals surface area contributed by atoms with Crippen LogP contribution >= 0.6 is 12.2 Å². The Morgan fingerprint density at radius 2 is 2.20 bits per heavy atom. The molecule has 58 valence electrons. The van der Waals surface area contributed by atoms with Crippen molar-refractivity contribution in [3.05, 3.63) is 11.6 Å². The minimum atomic E-state index is 0.524. The van der Waals surface area contributed by atoms with Gasteiger partial charge in [0.25, 0.3) is 0 Å². The van der Waals surface area contributed by atoms with Crippen molar-refractivity contribution < 1.29 is 0 Å². The molecule has 2 N–H and O–H groups in total. The Morgan fingerprint density at radius 3 is 2.60 bits per heavy atom. The SMILES string of the molecule is CCCCC=C(C)C(N)=S. The van der Waals surface area contributed by atoms with Crippen LogP contribution in [0.1, 0.15) is 33.1 Å². The van der Waals surface area contributed by atoms with Gasteiger partial charge in [-0.3, -0.25) is 0 Å². The van der Waals surface area contributed by atoms with Gasteiger partial charge in [0.2, 0.25) is 0 Å². The second-order valence-corrected chi connectivity index (χ2v) is 2.83. The fourth-order valence-electron chi connectivity index (χ4n) is 0.623. The minimum absolute atomic E-state index is 0.524. The van der Waals surface area contributed by atoms with Crippen LogP contribution in [0.15, 0.2) is 11.6 Å². The van der Waals surface area contributed by atoms with Gasteiger partial charge in [0.05, 0.1) is 4.99 Å². The van der Waals surface area contributed by atoms with Crippen LogP contribution in [0.5, 0.6) is 0 Å². The van der Waals surface area contributed by atoms with E-state index in [2.05, 4.69) is 13.0 Å². The van der Waals surface area contributed by atoms with Crippen LogP contribution < -0.4 is 5.73 Å². The summed E-state index contributed by atoms with van der Waals surface area (Å²) in [5.74, 6) is 0. The Labute approximate surface area is 68.3 Å². The molecule has 0 unspecified atom stereocenters. The van der Waals surface area contributed by atoms with Gasteiger partial charge < -0.3 is 5.73 Å². The van der Waals surface area contributed by atoms with Crippen LogP contribution in [0.4, 0.5) is 0 Å². The molecule has 0 aromatic rings. The molecule has 0 amide bonds. The van der Waals surface area contributed by atoms with Crippen molar-refractivity contribution in [1.29, 1.82) is 0 Å². The smallest absolute Gasteiger partial charge is 0.0988 e. The monoisotopic (exact) mass is 157 g/mol. The molecule has 0 aromatic heterocycles. The second kappa shape index (κ2) is 5.42. The first-order valence-electron chi connectivity index (χ1n) is 3.65. The number of rotatable bonds is 4. The topological polar surface area (TPSA) is 26.0 Å². The molecule has 0 aliphatic rings. The molecule has 0 atom stereocenters. The highest BCUT2D eigenvalue weighted by Gasteiger charge is 1.89. The molecule has 0 aliphatic carbocycles. The average Bonchev–Trinajstić information content (AvgIpc) is 1.88. The maximum Gasteiger partial charge on any atom is 0.0988 e. The summed E-state index contributed by atoms with van der Waals surface area (Å²) < 4.78 is 0. The van der Waals surface area contributed by atoms with Crippen LogP contribution in [0.25, 0.3) is 0 Å². The number of hydrogen-bond donors (Lipinski definition) is 1. The molecule has 0 aliphatic heterocycles. The first-order valence-corrected chi connectivity index (χ1v) is 4.06. The molecular formula is C8H15NS. The molecule has 10 heavy (non-hydrogen) atoms. The average molecular weight is 157 g/mol. The van der Waals surface area contributed by atoms with Gasteiger partial charge in [-0.25, -0.2) is 0 Å². The lowest BCUT2D eigenvalue weighted by Crippen LogP contribution is -2.08. The van der Waals surface area contributed by atoms with Crippen molar-refractivity contribution in [3.63, 3.8) is 0 Å². The van der Waals surface area contributed by atoms with Crippen molar-refractivity contribution in [2.24, 2.45) is 5.73 Å². The highest BCUT2D eigenvalue weighted by Crippen LogP contribution is 2.00. The third-order valence-electron chi connectivity index (χ3n) is 1.40. The van der Waals surface area contributed by atoms with Gasteiger partial charge >= 0.3 is 0 Å².